The van der Waals surface area contributed by atoms with Gasteiger partial charge in [-0.25, -0.2) is 23.2 Å². The van der Waals surface area contributed by atoms with Gasteiger partial charge in [-0.3, -0.25) is 24.1 Å². The highest BCUT2D eigenvalue weighted by atomic mass is 19.3. The molecule has 1 fully saturated rings. The number of carbonyl (C=O) groups is 2. The molecule has 1 aromatic heterocycles. The number of H-pyrrole nitrogens is 1. The van der Waals surface area contributed by atoms with Crippen LogP contribution in [0.15, 0.2) is 15.8 Å². The van der Waals surface area contributed by atoms with E-state index in [9.17, 15) is 28.0 Å². The molecule has 0 spiro atoms. The number of hydrogen-bond acceptors (Lipinski definition) is 9. The van der Waals surface area contributed by atoms with E-state index in [0.29, 0.717) is 0 Å². The van der Waals surface area contributed by atoms with Crippen LogP contribution in [-0.4, -0.2) is 46.2 Å². The van der Waals surface area contributed by atoms with Crippen LogP contribution in [-0.2, 0) is 33.9 Å². The molecule has 0 unspecified atom stereocenters. The molecule has 11 nitrogen and oxygen atoms in total. The Morgan fingerprint density at radius 3 is 2.54 bits per heavy atom. The normalized spacial score (nSPS) is 23.8. The summed E-state index contributed by atoms with van der Waals surface area (Å²) in [4.78, 5) is 64.6. The summed E-state index contributed by atoms with van der Waals surface area (Å²) >= 11 is 0. The highest BCUT2D eigenvalue weighted by molar-refractivity contribution is 5.65. The van der Waals surface area contributed by atoms with Gasteiger partial charge in [-0.1, -0.05) is 0 Å². The van der Waals surface area contributed by atoms with Gasteiger partial charge in [-0.2, -0.15) is 9.78 Å². The molecule has 156 valence electrons. The zero-order valence-electron chi connectivity index (χ0n) is 15.1. The van der Waals surface area contributed by atoms with E-state index in [2.05, 4.69) is 19.6 Å². The molecule has 1 aliphatic rings. The second-order valence-corrected chi connectivity index (χ2v) is 6.02. The van der Waals surface area contributed by atoms with Crippen molar-refractivity contribution in [3.63, 3.8) is 0 Å². The Morgan fingerprint density at radius 2 is 1.93 bits per heavy atom. The van der Waals surface area contributed by atoms with E-state index < -0.39 is 60.6 Å². The first-order chi connectivity index (χ1) is 13.0. The molecule has 1 N–H and O–H groups in total. The molecule has 2 rings (SSSR count). The summed E-state index contributed by atoms with van der Waals surface area (Å²) in [7, 11) is 0. The summed E-state index contributed by atoms with van der Waals surface area (Å²) < 4.78 is 35.5. The summed E-state index contributed by atoms with van der Waals surface area (Å²) in [5.41, 5.74) is -1.54. The van der Waals surface area contributed by atoms with Gasteiger partial charge < -0.3 is 4.74 Å². The zero-order valence-corrected chi connectivity index (χ0v) is 15.1. The summed E-state index contributed by atoms with van der Waals surface area (Å²) in [6, 6.07) is 0. The third-order valence-corrected chi connectivity index (χ3v) is 3.67. The number of nitrogens with one attached hydrogen (secondary N) is 1. The van der Waals surface area contributed by atoms with E-state index in [1.54, 1.807) is 0 Å². The van der Waals surface area contributed by atoms with Crippen LogP contribution in [0.1, 0.15) is 32.1 Å². The van der Waals surface area contributed by atoms with E-state index in [0.717, 1.165) is 24.6 Å². The number of aromatic nitrogens is 2. The molecule has 28 heavy (non-hydrogen) atoms. The molecule has 0 saturated carbocycles. The lowest BCUT2D eigenvalue weighted by Gasteiger charge is -2.39. The van der Waals surface area contributed by atoms with Gasteiger partial charge in [0.15, 0.2) is 6.10 Å². The zero-order chi connectivity index (χ0) is 21.1. The minimum atomic E-state index is -3.65. The molecule has 0 aliphatic carbocycles. The van der Waals surface area contributed by atoms with Crippen molar-refractivity contribution in [2.45, 2.75) is 51.6 Å². The van der Waals surface area contributed by atoms with Gasteiger partial charge in [-0.05, 0) is 6.92 Å². The molecule has 13 heteroatoms. The Balaban J connectivity index is 2.31. The molecule has 2 heterocycles. The summed E-state index contributed by atoms with van der Waals surface area (Å²) in [5, 5.41) is 0. The first-order valence-corrected chi connectivity index (χ1v) is 8.00. The second-order valence-electron chi connectivity index (χ2n) is 6.02. The van der Waals surface area contributed by atoms with E-state index in [4.69, 9.17) is 4.74 Å². The minimum Gasteiger partial charge on any atom is -0.349 e. The number of rotatable bonds is 6. The number of aromatic amines is 1. The van der Waals surface area contributed by atoms with Gasteiger partial charge in [0.2, 0.25) is 0 Å². The van der Waals surface area contributed by atoms with Gasteiger partial charge in [0.1, 0.15) is 18.9 Å². The van der Waals surface area contributed by atoms with Crippen LogP contribution in [0, 0.1) is 6.92 Å². The van der Waals surface area contributed by atoms with E-state index in [-0.39, 0.29) is 5.56 Å². The molecule has 1 aliphatic heterocycles. The van der Waals surface area contributed by atoms with Crippen molar-refractivity contribution in [3.05, 3.63) is 32.6 Å². The molecular formula is C15H18F2N2O9. The molecule has 1 aromatic rings. The molecule has 3 atom stereocenters. The predicted octanol–water partition coefficient (Wildman–Crippen LogP) is 0.126. The SMILES string of the molecule is CC(=O)OOC[C@H]1O[C@H](n2cc(C)c(=O)[nH]c2=O)CC(F)(F)[C@@H]1OOC(C)=O. The Hall–Kier alpha value is -2.64. The van der Waals surface area contributed by atoms with Crippen molar-refractivity contribution in [1.29, 1.82) is 0 Å². The van der Waals surface area contributed by atoms with Crippen LogP contribution in [0.25, 0.3) is 0 Å². The van der Waals surface area contributed by atoms with Crippen molar-refractivity contribution in [2.24, 2.45) is 0 Å². The van der Waals surface area contributed by atoms with Gasteiger partial charge in [0.25, 0.3) is 11.5 Å². The number of halogens is 2. The van der Waals surface area contributed by atoms with Crippen LogP contribution in [0.4, 0.5) is 8.78 Å². The highest BCUT2D eigenvalue weighted by Gasteiger charge is 2.55. The van der Waals surface area contributed by atoms with Crippen molar-refractivity contribution in [2.75, 3.05) is 6.61 Å². The van der Waals surface area contributed by atoms with Crippen LogP contribution >= 0.6 is 0 Å². The van der Waals surface area contributed by atoms with Crippen LogP contribution < -0.4 is 11.2 Å². The number of ether oxygens (including phenoxy) is 1. The number of nitrogens with zero attached hydrogens (tertiary/aromatic N) is 1. The maximum absolute atomic E-state index is 14.7. The van der Waals surface area contributed by atoms with Crippen LogP contribution in [0.3, 0.4) is 0 Å². The third kappa shape index (κ3) is 5.21. The minimum absolute atomic E-state index is 0.0949. The Bertz CT molecular complexity index is 851. The van der Waals surface area contributed by atoms with E-state index >= 15 is 0 Å². The lowest BCUT2D eigenvalue weighted by Crippen LogP contribution is -2.55. The predicted molar refractivity (Wildman–Crippen MR) is 83.9 cm³/mol. The maximum atomic E-state index is 14.7. The van der Waals surface area contributed by atoms with Crippen LogP contribution in [0.2, 0.25) is 0 Å². The average molecular weight is 408 g/mol. The van der Waals surface area contributed by atoms with Crippen LogP contribution in [0.5, 0.6) is 0 Å². The molecular weight excluding hydrogens is 390 g/mol. The lowest BCUT2D eigenvalue weighted by molar-refractivity contribution is -0.388. The molecule has 0 bridgehead atoms. The number of aryl methyl sites for hydroxylation is 1. The van der Waals surface area contributed by atoms with Crippen molar-refractivity contribution >= 4 is 11.9 Å². The topological polar surface area (TPSA) is 135 Å². The number of hydrogen-bond donors (Lipinski definition) is 1. The smallest absolute Gasteiger partial charge is 0.339 e. The summed E-state index contributed by atoms with van der Waals surface area (Å²) in [6.45, 7) is 2.63. The fourth-order valence-electron chi connectivity index (χ4n) is 2.47. The molecule has 0 aromatic carbocycles. The number of alkyl halides is 2. The van der Waals surface area contributed by atoms with E-state index in [1.807, 2.05) is 4.98 Å². The summed E-state index contributed by atoms with van der Waals surface area (Å²) in [6.07, 6.45) is -5.19. The molecule has 1 saturated heterocycles. The van der Waals surface area contributed by atoms with E-state index in [1.165, 1.54) is 6.92 Å². The largest absolute Gasteiger partial charge is 0.349 e. The second kappa shape index (κ2) is 8.58. The third-order valence-electron chi connectivity index (χ3n) is 3.67. The number of carbonyl (C=O) groups excluding carboxylic acids is 2. The Labute approximate surface area is 155 Å². The monoisotopic (exact) mass is 408 g/mol. The standard InChI is InChI=1S/C15H18F2N2O9/c1-7-5-19(14(23)18-13(7)22)11-4-15(16,17)12(28-27-9(3)21)10(25-11)6-24-26-8(2)20/h5,10-12H,4,6H2,1-3H3,(H,18,22,23)/t10-,11+,12-/m1/s1. The quantitative estimate of drug-likeness (QED) is 0.514. The van der Waals surface area contributed by atoms with Crippen molar-refractivity contribution < 1.29 is 42.7 Å². The van der Waals surface area contributed by atoms with Gasteiger partial charge >= 0.3 is 17.6 Å². The van der Waals surface area contributed by atoms with Gasteiger partial charge in [-0.15, -0.1) is 0 Å². The average Bonchev–Trinajstić information content (AvgIpc) is 2.55. The fraction of sp³-hybridized carbons (Fsp3) is 0.600. The fourth-order valence-corrected chi connectivity index (χ4v) is 2.47. The van der Waals surface area contributed by atoms with Gasteiger partial charge in [0, 0.05) is 25.6 Å². The molecule has 0 amide bonds. The van der Waals surface area contributed by atoms with Crippen molar-refractivity contribution in [3.8, 4) is 0 Å². The first-order valence-electron chi connectivity index (χ1n) is 8.00. The maximum Gasteiger partial charge on any atom is 0.339 e. The Kier molecular flexibility index (Phi) is 6.64. The summed E-state index contributed by atoms with van der Waals surface area (Å²) in [5.74, 6) is -5.47. The molecule has 0 radical (unpaired) electrons. The highest BCUT2D eigenvalue weighted by Crippen LogP contribution is 2.40. The lowest BCUT2D eigenvalue weighted by atomic mass is 9.99. The van der Waals surface area contributed by atoms with Crippen molar-refractivity contribution in [1.82, 2.24) is 9.55 Å². The first kappa shape index (κ1) is 21.7. The Morgan fingerprint density at radius 1 is 1.29 bits per heavy atom. The van der Waals surface area contributed by atoms with Gasteiger partial charge in [0.05, 0.1) is 6.42 Å².